The van der Waals surface area contributed by atoms with Crippen LogP contribution in [0.25, 0.3) is 0 Å². The van der Waals surface area contributed by atoms with E-state index in [-0.39, 0.29) is 0 Å². The highest BCUT2D eigenvalue weighted by Gasteiger charge is 2.13. The van der Waals surface area contributed by atoms with Crippen molar-refractivity contribution in [1.29, 1.82) is 0 Å². The van der Waals surface area contributed by atoms with Crippen LogP contribution in [0.2, 0.25) is 0 Å². The molecule has 1 aliphatic heterocycles. The van der Waals surface area contributed by atoms with Gasteiger partial charge in [0.05, 0.1) is 6.61 Å². The van der Waals surface area contributed by atoms with Crippen LogP contribution in [0, 0.1) is 5.92 Å². The summed E-state index contributed by atoms with van der Waals surface area (Å²) in [5.74, 6) is 1.42. The van der Waals surface area contributed by atoms with E-state index in [1.54, 1.807) is 4.68 Å². The molecule has 1 aromatic rings. The van der Waals surface area contributed by atoms with E-state index in [1.807, 2.05) is 7.05 Å². The van der Waals surface area contributed by atoms with Crippen LogP contribution in [0.1, 0.15) is 18.7 Å². The van der Waals surface area contributed by atoms with Gasteiger partial charge in [-0.15, -0.1) is 5.10 Å². The molecule has 84 valence electrons. The molecular formula is C9H17N5O. The van der Waals surface area contributed by atoms with Gasteiger partial charge in [-0.1, -0.05) is 0 Å². The summed E-state index contributed by atoms with van der Waals surface area (Å²) in [6.45, 7) is 3.50. The van der Waals surface area contributed by atoms with Crippen molar-refractivity contribution in [2.45, 2.75) is 19.4 Å². The summed E-state index contributed by atoms with van der Waals surface area (Å²) < 4.78 is 7.23. The Labute approximate surface area is 89.0 Å². The third-order valence-electron chi connectivity index (χ3n) is 2.69. The first-order chi connectivity index (χ1) is 7.36. The number of aryl methyl sites for hydroxylation is 1. The molecule has 0 radical (unpaired) electrons. The lowest BCUT2D eigenvalue weighted by molar-refractivity contribution is 0.0724. The van der Waals surface area contributed by atoms with Gasteiger partial charge in [0.1, 0.15) is 6.61 Å². The van der Waals surface area contributed by atoms with Crippen molar-refractivity contribution in [3.05, 3.63) is 5.82 Å². The van der Waals surface area contributed by atoms with Crippen molar-refractivity contribution in [1.82, 2.24) is 25.5 Å². The molecule has 1 aliphatic rings. The minimum atomic E-state index is 0.500. The summed E-state index contributed by atoms with van der Waals surface area (Å²) in [6.07, 6.45) is 2.50. The van der Waals surface area contributed by atoms with E-state index in [9.17, 15) is 0 Å². The molecular weight excluding hydrogens is 194 g/mol. The smallest absolute Gasteiger partial charge is 0.176 e. The molecule has 0 aromatic carbocycles. The first kappa shape index (κ1) is 10.5. The lowest BCUT2D eigenvalue weighted by Crippen LogP contribution is -2.32. The van der Waals surface area contributed by atoms with Gasteiger partial charge in [0.25, 0.3) is 0 Å². The third-order valence-corrected chi connectivity index (χ3v) is 2.69. The zero-order valence-electron chi connectivity index (χ0n) is 9.02. The van der Waals surface area contributed by atoms with Crippen LogP contribution in [-0.2, 0) is 18.4 Å². The van der Waals surface area contributed by atoms with Crippen LogP contribution in [0.15, 0.2) is 0 Å². The Morgan fingerprint density at radius 2 is 2.53 bits per heavy atom. The van der Waals surface area contributed by atoms with E-state index in [0.29, 0.717) is 12.5 Å². The predicted octanol–water partition coefficient (Wildman–Crippen LogP) is -0.274. The van der Waals surface area contributed by atoms with Gasteiger partial charge in [0.2, 0.25) is 0 Å². The second-order valence-corrected chi connectivity index (χ2v) is 3.95. The van der Waals surface area contributed by atoms with Gasteiger partial charge in [-0.3, -0.25) is 0 Å². The zero-order chi connectivity index (χ0) is 10.5. The van der Waals surface area contributed by atoms with Crippen molar-refractivity contribution in [2.75, 3.05) is 19.7 Å². The number of hydrogen-bond donors (Lipinski definition) is 1. The normalized spacial score (nSPS) is 21.8. The maximum Gasteiger partial charge on any atom is 0.176 e. The topological polar surface area (TPSA) is 64.9 Å². The van der Waals surface area contributed by atoms with Crippen LogP contribution in [0.4, 0.5) is 0 Å². The van der Waals surface area contributed by atoms with Crippen molar-refractivity contribution in [2.24, 2.45) is 13.0 Å². The number of aromatic nitrogens is 4. The van der Waals surface area contributed by atoms with Crippen LogP contribution in [-0.4, -0.2) is 39.9 Å². The van der Waals surface area contributed by atoms with Crippen molar-refractivity contribution < 1.29 is 4.74 Å². The number of hydrogen-bond acceptors (Lipinski definition) is 5. The summed E-state index contributed by atoms with van der Waals surface area (Å²) in [5, 5.41) is 14.5. The SMILES string of the molecule is Cn1nnnc1COCC1CCCNC1. The molecule has 0 saturated carbocycles. The fourth-order valence-corrected chi connectivity index (χ4v) is 1.75. The molecule has 0 aliphatic carbocycles. The van der Waals surface area contributed by atoms with Gasteiger partial charge in [-0.2, -0.15) is 0 Å². The molecule has 1 unspecified atom stereocenters. The molecule has 15 heavy (non-hydrogen) atoms. The number of tetrazole rings is 1. The van der Waals surface area contributed by atoms with E-state index in [4.69, 9.17) is 4.74 Å². The maximum absolute atomic E-state index is 5.60. The third kappa shape index (κ3) is 2.97. The average Bonchev–Trinajstić information content (AvgIpc) is 2.66. The molecule has 2 rings (SSSR count). The van der Waals surface area contributed by atoms with E-state index in [0.717, 1.165) is 25.5 Å². The van der Waals surface area contributed by atoms with Gasteiger partial charge >= 0.3 is 0 Å². The summed E-state index contributed by atoms with van der Waals surface area (Å²) in [7, 11) is 1.82. The Kier molecular flexibility index (Phi) is 3.63. The monoisotopic (exact) mass is 211 g/mol. The van der Waals surface area contributed by atoms with Crippen molar-refractivity contribution in [3.8, 4) is 0 Å². The van der Waals surface area contributed by atoms with Gasteiger partial charge in [0.15, 0.2) is 5.82 Å². The van der Waals surface area contributed by atoms with E-state index < -0.39 is 0 Å². The van der Waals surface area contributed by atoms with Gasteiger partial charge in [0, 0.05) is 13.6 Å². The van der Waals surface area contributed by atoms with Crippen molar-refractivity contribution >= 4 is 0 Å². The van der Waals surface area contributed by atoms with E-state index >= 15 is 0 Å². The van der Waals surface area contributed by atoms with Gasteiger partial charge in [-0.25, -0.2) is 4.68 Å². The summed E-state index contributed by atoms with van der Waals surface area (Å²) in [5.41, 5.74) is 0. The predicted molar refractivity (Wildman–Crippen MR) is 54.0 cm³/mol. The molecule has 6 heteroatoms. The zero-order valence-corrected chi connectivity index (χ0v) is 9.02. The molecule has 0 amide bonds. The molecule has 1 atom stereocenters. The number of nitrogens with zero attached hydrogens (tertiary/aromatic N) is 4. The highest BCUT2D eigenvalue weighted by molar-refractivity contribution is 4.75. The van der Waals surface area contributed by atoms with E-state index in [1.165, 1.54) is 12.8 Å². The summed E-state index contributed by atoms with van der Waals surface area (Å²) >= 11 is 0. The molecule has 6 nitrogen and oxygen atoms in total. The standard InChI is InChI=1S/C9H17N5O/c1-14-9(11-12-13-14)7-15-6-8-3-2-4-10-5-8/h8,10H,2-7H2,1H3. The average molecular weight is 211 g/mol. The van der Waals surface area contributed by atoms with Crippen LogP contribution in [0.3, 0.4) is 0 Å². The Bertz CT molecular complexity index is 294. The number of ether oxygens (including phenoxy) is 1. The highest BCUT2D eigenvalue weighted by Crippen LogP contribution is 2.10. The van der Waals surface area contributed by atoms with Crippen LogP contribution < -0.4 is 5.32 Å². The lowest BCUT2D eigenvalue weighted by Gasteiger charge is -2.22. The Balaban J connectivity index is 1.68. The molecule has 1 saturated heterocycles. The minimum absolute atomic E-state index is 0.500. The molecule has 2 heterocycles. The first-order valence-corrected chi connectivity index (χ1v) is 5.36. The molecule has 1 fully saturated rings. The molecule has 0 bridgehead atoms. The largest absolute Gasteiger partial charge is 0.373 e. The number of nitrogens with one attached hydrogen (secondary N) is 1. The molecule has 1 aromatic heterocycles. The second kappa shape index (κ2) is 5.18. The Hall–Kier alpha value is -1.01. The fourth-order valence-electron chi connectivity index (χ4n) is 1.75. The highest BCUT2D eigenvalue weighted by atomic mass is 16.5. The first-order valence-electron chi connectivity index (χ1n) is 5.36. The number of rotatable bonds is 4. The van der Waals surface area contributed by atoms with Crippen LogP contribution in [0.5, 0.6) is 0 Å². The fraction of sp³-hybridized carbons (Fsp3) is 0.889. The van der Waals surface area contributed by atoms with Gasteiger partial charge < -0.3 is 10.1 Å². The van der Waals surface area contributed by atoms with E-state index in [2.05, 4.69) is 20.8 Å². The van der Waals surface area contributed by atoms with Crippen LogP contribution >= 0.6 is 0 Å². The summed E-state index contributed by atoms with van der Waals surface area (Å²) in [4.78, 5) is 0. The minimum Gasteiger partial charge on any atom is -0.373 e. The lowest BCUT2D eigenvalue weighted by atomic mass is 10.0. The summed E-state index contributed by atoms with van der Waals surface area (Å²) in [6, 6.07) is 0. The molecule has 1 N–H and O–H groups in total. The Morgan fingerprint density at radius 3 is 3.20 bits per heavy atom. The quantitative estimate of drug-likeness (QED) is 0.742. The molecule has 0 spiro atoms. The maximum atomic E-state index is 5.60. The van der Waals surface area contributed by atoms with Crippen molar-refractivity contribution in [3.63, 3.8) is 0 Å². The second-order valence-electron chi connectivity index (χ2n) is 3.95. The number of piperidine rings is 1. The Morgan fingerprint density at radius 1 is 1.60 bits per heavy atom. The van der Waals surface area contributed by atoms with Gasteiger partial charge in [-0.05, 0) is 35.7 Å².